The van der Waals surface area contributed by atoms with Crippen molar-refractivity contribution in [3.05, 3.63) is 136 Å². The van der Waals surface area contributed by atoms with Crippen LogP contribution in [0.15, 0.2) is 102 Å². The Kier molecular flexibility index (Phi) is 20.1. The lowest BCUT2D eigenvalue weighted by atomic mass is 9.60. The van der Waals surface area contributed by atoms with Gasteiger partial charge in [0.25, 0.3) is 0 Å². The Morgan fingerprint density at radius 2 is 1.69 bits per heavy atom. The normalized spacial score (nSPS) is 30.6. The number of aromatic hydroxyl groups is 1. The molecule has 0 saturated carbocycles. The highest BCUT2D eigenvalue weighted by molar-refractivity contribution is 5.67. The molecule has 75 heavy (non-hydrogen) atoms. The van der Waals surface area contributed by atoms with Gasteiger partial charge in [0, 0.05) is 36.5 Å². The van der Waals surface area contributed by atoms with Crippen molar-refractivity contribution in [2.45, 2.75) is 183 Å². The third-order valence-electron chi connectivity index (χ3n) is 16.6. The van der Waals surface area contributed by atoms with E-state index < -0.39 is 90.0 Å². The Morgan fingerprint density at radius 1 is 0.920 bits per heavy atom. The maximum absolute atomic E-state index is 14.0. The second kappa shape index (κ2) is 26.2. The van der Waals surface area contributed by atoms with E-state index in [1.807, 2.05) is 68.5 Å². The minimum absolute atomic E-state index is 0.0525. The van der Waals surface area contributed by atoms with E-state index in [2.05, 4.69) is 22.5 Å². The molecule has 0 radical (unpaired) electrons. The van der Waals surface area contributed by atoms with Crippen molar-refractivity contribution in [1.82, 2.24) is 10.6 Å². The Morgan fingerprint density at radius 3 is 2.43 bits per heavy atom. The van der Waals surface area contributed by atoms with Crippen LogP contribution < -0.4 is 10.6 Å². The molecule has 12 N–H and O–H groups in total. The number of aliphatic carboxylic acids is 2. The number of unbranched alkanes of at least 4 members (excludes halogenated alkanes) is 1. The molecule has 1 fully saturated rings. The summed E-state index contributed by atoms with van der Waals surface area (Å²) in [5.41, 5.74) is 2.68. The van der Waals surface area contributed by atoms with Gasteiger partial charge in [0.2, 0.25) is 0 Å². The second-order valence-electron chi connectivity index (χ2n) is 21.9. The third kappa shape index (κ3) is 14.5. The summed E-state index contributed by atoms with van der Waals surface area (Å²) in [5, 5.41) is 122. The molecule has 4 aliphatic heterocycles. The van der Waals surface area contributed by atoms with E-state index in [-0.39, 0.29) is 76.0 Å². The third-order valence-corrected chi connectivity index (χ3v) is 16.6. The predicted molar refractivity (Wildman–Crippen MR) is 287 cm³/mol. The number of phenols is 1. The van der Waals surface area contributed by atoms with Gasteiger partial charge in [-0.05, 0) is 153 Å². The number of aliphatic hydroxyl groups is 7. The molecule has 1 aliphatic carbocycles. The summed E-state index contributed by atoms with van der Waals surface area (Å²) in [6, 6.07) is 18.4. The smallest absolute Gasteiger partial charge is 0.303 e. The van der Waals surface area contributed by atoms with Crippen LogP contribution in [0.25, 0.3) is 0 Å². The summed E-state index contributed by atoms with van der Waals surface area (Å²) < 4.78 is 0. The molecule has 406 valence electrons. The predicted octanol–water partition coefficient (Wildman–Crippen LogP) is 5.61. The molecule has 3 aromatic carbocycles. The number of aryl methyl sites for hydroxylation is 2. The molecule has 8 rings (SSSR count). The van der Waals surface area contributed by atoms with Gasteiger partial charge in [-0.15, -0.1) is 0 Å². The zero-order chi connectivity index (χ0) is 53.9. The van der Waals surface area contributed by atoms with Gasteiger partial charge in [0.15, 0.2) is 0 Å². The van der Waals surface area contributed by atoms with Crippen molar-refractivity contribution in [2.75, 3.05) is 6.61 Å². The van der Waals surface area contributed by atoms with Crippen molar-refractivity contribution < 1.29 is 60.7 Å². The second-order valence-corrected chi connectivity index (χ2v) is 21.9. The SMILES string of the molecule is CCCC[C@H](O)[C@H](O)/C=C/C1=C(\C[C@H](O)CO)[C@@H]2CC[C@H](O)[C@@H]3N[C@H](C)CC[C@H]([C@@H]3CC(=O)O)[C@H](O)Cc3ccc(cc3CCC(=O)O)C[C@]3(N2)[C@H](C#Cc2ccccc2CC1)C=CC[C@]3(O)Cc1ccc(O)cc1. The quantitative estimate of drug-likeness (QED) is 0.0615. The molecule has 14 heteroatoms. The van der Waals surface area contributed by atoms with Crippen molar-refractivity contribution in [3.63, 3.8) is 0 Å². The number of carbonyl (C=O) groups is 2. The average molecular weight is 1030 g/mol. The standard InChI is InChI=1S/C61H80N2O12/c1-3-4-11-53(67)54(68)27-20-43-18-17-41-8-5-6-9-42(41)19-22-46-10-7-30-60(75,35-39-14-23-47(65)24-15-39)61(46)36-40-13-16-45(44(31-40)21-29-57(71)72)32-56(70)49-25-12-38(2)62-59(51(49)34-58(73)74)55(69)28-26-52(63-61)50(43)33-48(66)37-64/h5-10,13-16,20,23-24,27,31,38,46,48-49,51-56,59,62-70,75H,3-4,11-12,17-18,21,25-26,28-30,32-37H2,1-2H3,(H,71,72)(H,73,74)/b27-20+,50-43+/t38-,46+,48+,49-,51+,52+,53+,54-,55+,56-,59-,60+,61+/m1/s1. The summed E-state index contributed by atoms with van der Waals surface area (Å²) >= 11 is 0. The van der Waals surface area contributed by atoms with Gasteiger partial charge in [-0.3, -0.25) is 9.59 Å². The monoisotopic (exact) mass is 1030 g/mol. The van der Waals surface area contributed by atoms with Gasteiger partial charge in [-0.1, -0.05) is 104 Å². The molecule has 14 nitrogen and oxygen atoms in total. The van der Waals surface area contributed by atoms with Crippen LogP contribution >= 0.6 is 0 Å². The fourth-order valence-corrected chi connectivity index (χ4v) is 12.5. The van der Waals surface area contributed by atoms with Crippen LogP contribution in [0, 0.1) is 29.6 Å². The van der Waals surface area contributed by atoms with Crippen LogP contribution in [0.4, 0.5) is 0 Å². The number of phenolic OH excluding ortho intramolecular Hbond substituents is 1. The number of carboxylic acid groups (broad SMARTS) is 2. The topological polar surface area (TPSA) is 260 Å². The van der Waals surface area contributed by atoms with Crippen molar-refractivity contribution >= 4 is 11.9 Å². The molecule has 4 heterocycles. The van der Waals surface area contributed by atoms with Gasteiger partial charge in [-0.2, -0.15) is 0 Å². The van der Waals surface area contributed by atoms with Gasteiger partial charge in [0.05, 0.1) is 60.6 Å². The molecule has 1 spiro atoms. The summed E-state index contributed by atoms with van der Waals surface area (Å²) in [4.78, 5) is 25.1. The fourth-order valence-electron chi connectivity index (χ4n) is 12.5. The minimum atomic E-state index is -1.69. The summed E-state index contributed by atoms with van der Waals surface area (Å²) in [6.07, 6.45) is 5.39. The molecule has 3 aromatic rings. The number of allylic oxidation sites excluding steroid dienone is 2. The van der Waals surface area contributed by atoms with E-state index >= 15 is 0 Å². The molecule has 13 atom stereocenters. The number of hydrogen-bond donors (Lipinski definition) is 12. The largest absolute Gasteiger partial charge is 0.508 e. The lowest BCUT2D eigenvalue weighted by Gasteiger charge is -2.54. The van der Waals surface area contributed by atoms with Crippen LogP contribution in [0.5, 0.6) is 5.75 Å². The Hall–Kier alpha value is -5.18. The van der Waals surface area contributed by atoms with Crippen LogP contribution in [0.3, 0.4) is 0 Å². The number of rotatable bonds is 16. The highest BCUT2D eigenvalue weighted by Crippen LogP contribution is 2.46. The van der Waals surface area contributed by atoms with E-state index in [0.717, 1.165) is 23.1 Å². The zero-order valence-electron chi connectivity index (χ0n) is 43.5. The van der Waals surface area contributed by atoms with E-state index in [0.29, 0.717) is 66.4 Å². The summed E-state index contributed by atoms with van der Waals surface area (Å²) in [6.45, 7) is 3.38. The molecule has 0 amide bonds. The summed E-state index contributed by atoms with van der Waals surface area (Å²) in [7, 11) is 0. The minimum Gasteiger partial charge on any atom is -0.508 e. The van der Waals surface area contributed by atoms with Crippen LogP contribution in [0.1, 0.15) is 124 Å². The first-order valence-corrected chi connectivity index (χ1v) is 27.2. The van der Waals surface area contributed by atoms with E-state index in [9.17, 15) is 60.7 Å². The van der Waals surface area contributed by atoms with Gasteiger partial charge >= 0.3 is 11.9 Å². The van der Waals surface area contributed by atoms with Crippen molar-refractivity contribution in [2.24, 2.45) is 17.8 Å². The number of aliphatic hydroxyl groups excluding tert-OH is 6. The van der Waals surface area contributed by atoms with Crippen LogP contribution in [-0.4, -0.2) is 129 Å². The lowest BCUT2D eigenvalue weighted by molar-refractivity contribution is -0.140. The highest BCUT2D eigenvalue weighted by Gasteiger charge is 2.56. The molecular formula is C61H80N2O12. The van der Waals surface area contributed by atoms with E-state index in [1.165, 1.54) is 0 Å². The number of benzene rings is 3. The molecule has 0 unspecified atom stereocenters. The van der Waals surface area contributed by atoms with E-state index in [4.69, 9.17) is 0 Å². The number of hydrogen-bond acceptors (Lipinski definition) is 12. The Balaban J connectivity index is 1.56. The van der Waals surface area contributed by atoms with Gasteiger partial charge in [-0.25, -0.2) is 0 Å². The molecule has 1 saturated heterocycles. The number of nitrogens with one attached hydrogen (secondary N) is 2. The van der Waals surface area contributed by atoms with Gasteiger partial charge < -0.3 is 61.7 Å². The molecule has 0 aromatic heterocycles. The number of fused-ring (bicyclic) bond motifs is 6. The van der Waals surface area contributed by atoms with Crippen LogP contribution in [-0.2, 0) is 41.7 Å². The van der Waals surface area contributed by atoms with Crippen LogP contribution in [0.2, 0.25) is 0 Å². The average Bonchev–Trinajstić information content (AvgIpc) is 3.54. The maximum Gasteiger partial charge on any atom is 0.303 e. The van der Waals surface area contributed by atoms with Crippen molar-refractivity contribution in [3.8, 4) is 17.6 Å². The summed E-state index contributed by atoms with van der Waals surface area (Å²) in [5.74, 6) is 3.05. The first kappa shape index (κ1) is 57.5. The van der Waals surface area contributed by atoms with E-state index in [1.54, 1.807) is 36.4 Å². The molecule has 5 aliphatic rings. The van der Waals surface area contributed by atoms with Crippen molar-refractivity contribution in [1.29, 1.82) is 0 Å². The molecule has 6 bridgehead atoms. The molecular weight excluding hydrogens is 953 g/mol. The van der Waals surface area contributed by atoms with Gasteiger partial charge in [0.1, 0.15) is 5.75 Å². The fraction of sp³-hybridized carbons (Fsp3) is 0.541. The highest BCUT2D eigenvalue weighted by atomic mass is 16.4. The lowest BCUT2D eigenvalue weighted by Crippen LogP contribution is -2.71. The Labute approximate surface area is 442 Å². The Bertz CT molecular complexity index is 2570. The zero-order valence-corrected chi connectivity index (χ0v) is 43.5. The first-order valence-electron chi connectivity index (χ1n) is 27.2. The maximum atomic E-state index is 14.0. The number of carboxylic acids is 2. The first-order chi connectivity index (χ1) is 35.9.